The van der Waals surface area contributed by atoms with E-state index in [4.69, 9.17) is 0 Å². The first kappa shape index (κ1) is 16.7. The summed E-state index contributed by atoms with van der Waals surface area (Å²) in [6.07, 6.45) is 5.50. The summed E-state index contributed by atoms with van der Waals surface area (Å²) in [5, 5.41) is 4.11. The third-order valence-corrected chi connectivity index (χ3v) is 4.87. The molecule has 2 rings (SSSR count). The number of nitrogens with one attached hydrogen (secondary N) is 1. The van der Waals surface area contributed by atoms with Crippen LogP contribution in [-0.4, -0.2) is 17.4 Å². The first-order valence-corrected chi connectivity index (χ1v) is 8.79. The maximum atomic E-state index is 11.9. The van der Waals surface area contributed by atoms with Crippen molar-refractivity contribution < 1.29 is 4.79 Å². The molecule has 0 spiro atoms. The molecule has 2 aromatic rings. The standard InChI is InChI=1S/C18H24N2OS/c1-3-15(4-2)18(21)19-11-10-17-20-13-16(22-17)12-14-8-6-5-7-9-14/h5-9,13,15H,3-4,10-12H2,1-2H3,(H,19,21). The molecule has 0 aliphatic heterocycles. The van der Waals surface area contributed by atoms with Crippen molar-refractivity contribution in [2.24, 2.45) is 5.92 Å². The van der Waals surface area contributed by atoms with Crippen LogP contribution >= 0.6 is 11.3 Å². The van der Waals surface area contributed by atoms with Crippen LogP contribution in [0.2, 0.25) is 0 Å². The molecule has 0 saturated carbocycles. The Morgan fingerprint density at radius 2 is 1.95 bits per heavy atom. The smallest absolute Gasteiger partial charge is 0.223 e. The molecule has 118 valence electrons. The average molecular weight is 316 g/mol. The van der Waals surface area contributed by atoms with Crippen molar-refractivity contribution in [3.05, 3.63) is 52.0 Å². The van der Waals surface area contributed by atoms with Crippen molar-refractivity contribution in [2.75, 3.05) is 6.54 Å². The quantitative estimate of drug-likeness (QED) is 0.804. The highest BCUT2D eigenvalue weighted by molar-refractivity contribution is 7.11. The van der Waals surface area contributed by atoms with Gasteiger partial charge < -0.3 is 5.32 Å². The van der Waals surface area contributed by atoms with E-state index in [-0.39, 0.29) is 11.8 Å². The third kappa shape index (κ3) is 4.95. The summed E-state index contributed by atoms with van der Waals surface area (Å²) in [6.45, 7) is 4.79. The van der Waals surface area contributed by atoms with Crippen LogP contribution in [-0.2, 0) is 17.6 Å². The maximum absolute atomic E-state index is 11.9. The fourth-order valence-corrected chi connectivity index (χ4v) is 3.40. The molecule has 1 aromatic heterocycles. The molecule has 4 heteroatoms. The van der Waals surface area contributed by atoms with Gasteiger partial charge in [-0.05, 0) is 18.4 Å². The van der Waals surface area contributed by atoms with Gasteiger partial charge in [-0.2, -0.15) is 0 Å². The highest BCUT2D eigenvalue weighted by Crippen LogP contribution is 2.17. The van der Waals surface area contributed by atoms with Crippen LogP contribution in [0.1, 0.15) is 42.1 Å². The topological polar surface area (TPSA) is 42.0 Å². The van der Waals surface area contributed by atoms with E-state index in [1.165, 1.54) is 10.4 Å². The molecule has 1 heterocycles. The van der Waals surface area contributed by atoms with Gasteiger partial charge in [0.2, 0.25) is 5.91 Å². The monoisotopic (exact) mass is 316 g/mol. The lowest BCUT2D eigenvalue weighted by molar-refractivity contribution is -0.125. The van der Waals surface area contributed by atoms with Gasteiger partial charge in [-0.25, -0.2) is 4.98 Å². The van der Waals surface area contributed by atoms with Crippen LogP contribution in [0.3, 0.4) is 0 Å². The summed E-state index contributed by atoms with van der Waals surface area (Å²) in [5.74, 6) is 0.316. The first-order valence-electron chi connectivity index (χ1n) is 7.98. The Hall–Kier alpha value is -1.68. The Balaban J connectivity index is 1.79. The number of hydrogen-bond acceptors (Lipinski definition) is 3. The van der Waals surface area contributed by atoms with Crippen LogP contribution in [0, 0.1) is 5.92 Å². The van der Waals surface area contributed by atoms with E-state index in [0.717, 1.165) is 30.7 Å². The SMILES string of the molecule is CCC(CC)C(=O)NCCc1ncc(Cc2ccccc2)s1. The molecule has 1 amide bonds. The van der Waals surface area contributed by atoms with E-state index in [1.54, 1.807) is 11.3 Å². The molecule has 3 nitrogen and oxygen atoms in total. The molecule has 0 saturated heterocycles. The Morgan fingerprint density at radius 3 is 2.64 bits per heavy atom. The predicted octanol–water partition coefficient (Wildman–Crippen LogP) is 3.83. The van der Waals surface area contributed by atoms with Gasteiger partial charge in [-0.3, -0.25) is 4.79 Å². The lowest BCUT2D eigenvalue weighted by atomic mass is 10.0. The summed E-state index contributed by atoms with van der Waals surface area (Å²) in [5.41, 5.74) is 1.31. The summed E-state index contributed by atoms with van der Waals surface area (Å²) < 4.78 is 0. The molecule has 1 aromatic carbocycles. The van der Waals surface area contributed by atoms with Gasteiger partial charge >= 0.3 is 0 Å². The average Bonchev–Trinajstić information content (AvgIpc) is 2.97. The predicted molar refractivity (Wildman–Crippen MR) is 92.1 cm³/mol. The highest BCUT2D eigenvalue weighted by atomic mass is 32.1. The van der Waals surface area contributed by atoms with Crippen molar-refractivity contribution >= 4 is 17.2 Å². The van der Waals surface area contributed by atoms with E-state index < -0.39 is 0 Å². The van der Waals surface area contributed by atoms with Crippen molar-refractivity contribution in [1.29, 1.82) is 0 Å². The van der Waals surface area contributed by atoms with E-state index in [1.807, 2.05) is 12.3 Å². The van der Waals surface area contributed by atoms with Crippen LogP contribution in [0.15, 0.2) is 36.5 Å². The highest BCUT2D eigenvalue weighted by Gasteiger charge is 2.13. The van der Waals surface area contributed by atoms with Gasteiger partial charge in [0.1, 0.15) is 0 Å². The Kier molecular flexibility index (Phi) is 6.59. The van der Waals surface area contributed by atoms with E-state index in [2.05, 4.69) is 48.4 Å². The Labute approximate surface area is 136 Å². The lowest BCUT2D eigenvalue weighted by Crippen LogP contribution is -2.31. The van der Waals surface area contributed by atoms with Gasteiger partial charge in [-0.15, -0.1) is 11.3 Å². The van der Waals surface area contributed by atoms with Crippen molar-refractivity contribution in [3.8, 4) is 0 Å². The fourth-order valence-electron chi connectivity index (χ4n) is 2.44. The van der Waals surface area contributed by atoms with Crippen LogP contribution in [0.4, 0.5) is 0 Å². The molecule has 1 N–H and O–H groups in total. The van der Waals surface area contributed by atoms with Crippen LogP contribution in [0.5, 0.6) is 0 Å². The summed E-state index contributed by atoms with van der Waals surface area (Å²) in [4.78, 5) is 17.6. The van der Waals surface area contributed by atoms with E-state index in [9.17, 15) is 4.79 Å². The molecule has 0 aliphatic rings. The third-order valence-electron chi connectivity index (χ3n) is 3.82. The van der Waals surface area contributed by atoms with E-state index in [0.29, 0.717) is 6.54 Å². The second-order valence-corrected chi connectivity index (χ2v) is 6.64. The zero-order chi connectivity index (χ0) is 15.8. The molecule has 0 atom stereocenters. The fraction of sp³-hybridized carbons (Fsp3) is 0.444. The Bertz CT molecular complexity index is 576. The number of rotatable bonds is 8. The summed E-state index contributed by atoms with van der Waals surface area (Å²) in [6, 6.07) is 10.4. The largest absolute Gasteiger partial charge is 0.355 e. The zero-order valence-electron chi connectivity index (χ0n) is 13.3. The van der Waals surface area contributed by atoms with Gasteiger partial charge in [-0.1, -0.05) is 44.2 Å². The normalized spacial score (nSPS) is 10.9. The minimum absolute atomic E-state index is 0.143. The molecule has 22 heavy (non-hydrogen) atoms. The number of aromatic nitrogens is 1. The zero-order valence-corrected chi connectivity index (χ0v) is 14.2. The molecule has 0 bridgehead atoms. The second kappa shape index (κ2) is 8.69. The van der Waals surface area contributed by atoms with E-state index >= 15 is 0 Å². The molecular formula is C18H24N2OS. The second-order valence-electron chi connectivity index (χ2n) is 5.44. The number of benzene rings is 1. The summed E-state index contributed by atoms with van der Waals surface area (Å²) in [7, 11) is 0. The van der Waals surface area contributed by atoms with Gasteiger partial charge in [0.15, 0.2) is 0 Å². The molecule has 0 fully saturated rings. The molecule has 0 unspecified atom stereocenters. The van der Waals surface area contributed by atoms with Crippen molar-refractivity contribution in [3.63, 3.8) is 0 Å². The number of nitrogens with zero attached hydrogens (tertiary/aromatic N) is 1. The molecule has 0 aliphatic carbocycles. The molecular weight excluding hydrogens is 292 g/mol. The summed E-state index contributed by atoms with van der Waals surface area (Å²) >= 11 is 1.74. The van der Waals surface area contributed by atoms with Crippen LogP contribution in [0.25, 0.3) is 0 Å². The maximum Gasteiger partial charge on any atom is 0.223 e. The molecule has 0 radical (unpaired) electrons. The number of carbonyl (C=O) groups excluding carboxylic acids is 1. The first-order chi connectivity index (χ1) is 10.7. The number of thiazole rings is 1. The lowest BCUT2D eigenvalue weighted by Gasteiger charge is -2.11. The minimum atomic E-state index is 0.143. The van der Waals surface area contributed by atoms with Gasteiger partial charge in [0.05, 0.1) is 5.01 Å². The van der Waals surface area contributed by atoms with Crippen molar-refractivity contribution in [1.82, 2.24) is 10.3 Å². The van der Waals surface area contributed by atoms with Crippen molar-refractivity contribution in [2.45, 2.75) is 39.5 Å². The van der Waals surface area contributed by atoms with Crippen LogP contribution < -0.4 is 5.32 Å². The Morgan fingerprint density at radius 1 is 1.23 bits per heavy atom. The number of carbonyl (C=O) groups is 1. The number of hydrogen-bond donors (Lipinski definition) is 1. The van der Waals surface area contributed by atoms with Gasteiger partial charge in [0.25, 0.3) is 0 Å². The minimum Gasteiger partial charge on any atom is -0.355 e. The number of amides is 1. The van der Waals surface area contributed by atoms with Gasteiger partial charge in [0, 0.05) is 36.4 Å².